The highest BCUT2D eigenvalue weighted by atomic mass is 15.2. The van der Waals surface area contributed by atoms with E-state index in [1.165, 1.54) is 0 Å². The van der Waals surface area contributed by atoms with Crippen molar-refractivity contribution >= 4 is 0 Å². The van der Waals surface area contributed by atoms with Crippen LogP contribution in [0, 0.1) is 0 Å². The molecule has 3 heterocycles. The van der Waals surface area contributed by atoms with Gasteiger partial charge in [0.25, 0.3) is 0 Å². The first-order valence-electron chi connectivity index (χ1n) is 5.06. The van der Waals surface area contributed by atoms with Crippen LogP contribution in [0.2, 0.25) is 0 Å². The van der Waals surface area contributed by atoms with E-state index in [0.29, 0.717) is 6.04 Å². The fourth-order valence-electron chi connectivity index (χ4n) is 1.84. The second-order valence-corrected chi connectivity index (χ2v) is 3.90. The predicted molar refractivity (Wildman–Crippen MR) is 56.3 cm³/mol. The molecule has 1 aliphatic heterocycles. The summed E-state index contributed by atoms with van der Waals surface area (Å²) in [4.78, 5) is 4.21. The molecule has 0 aromatic carbocycles. The van der Waals surface area contributed by atoms with Crippen LogP contribution < -0.4 is 5.32 Å². The van der Waals surface area contributed by atoms with E-state index < -0.39 is 0 Å². The highest BCUT2D eigenvalue weighted by Gasteiger charge is 2.21. The van der Waals surface area contributed by atoms with Crippen LogP contribution >= 0.6 is 0 Å². The van der Waals surface area contributed by atoms with E-state index in [4.69, 9.17) is 0 Å². The van der Waals surface area contributed by atoms with Gasteiger partial charge in [-0.2, -0.15) is 5.10 Å². The summed E-state index contributed by atoms with van der Waals surface area (Å²) in [5.74, 6) is 0. The third-order valence-corrected chi connectivity index (χ3v) is 2.82. The van der Waals surface area contributed by atoms with E-state index in [-0.39, 0.29) is 0 Å². The van der Waals surface area contributed by atoms with Gasteiger partial charge in [0.05, 0.1) is 30.5 Å². The van der Waals surface area contributed by atoms with Crippen LogP contribution in [0.5, 0.6) is 0 Å². The smallest absolute Gasteiger partial charge is 0.0954 e. The molecule has 0 spiro atoms. The van der Waals surface area contributed by atoms with Gasteiger partial charge in [-0.25, -0.2) is 4.98 Å². The maximum atomic E-state index is 4.21. The van der Waals surface area contributed by atoms with E-state index in [1.807, 2.05) is 36.6 Å². The summed E-state index contributed by atoms with van der Waals surface area (Å²) in [6.07, 6.45) is 7.68. The molecule has 1 aliphatic rings. The van der Waals surface area contributed by atoms with Gasteiger partial charge in [0.2, 0.25) is 0 Å². The lowest BCUT2D eigenvalue weighted by Crippen LogP contribution is -2.43. The van der Waals surface area contributed by atoms with Gasteiger partial charge in [0.15, 0.2) is 0 Å². The van der Waals surface area contributed by atoms with Gasteiger partial charge in [-0.15, -0.1) is 0 Å². The maximum absolute atomic E-state index is 4.21. The minimum Gasteiger partial charge on any atom is -0.325 e. The van der Waals surface area contributed by atoms with Gasteiger partial charge >= 0.3 is 0 Å². The third kappa shape index (κ3) is 1.35. The number of nitrogens with one attached hydrogen (secondary N) is 1. The lowest BCUT2D eigenvalue weighted by molar-refractivity contribution is 0.346. The highest BCUT2D eigenvalue weighted by Crippen LogP contribution is 2.23. The molecule has 0 bridgehead atoms. The van der Waals surface area contributed by atoms with Crippen molar-refractivity contribution < 1.29 is 0 Å². The summed E-state index contributed by atoms with van der Waals surface area (Å²) < 4.78 is 4.03. The Morgan fingerprint density at radius 1 is 1.40 bits per heavy atom. The Balaban J connectivity index is 2.00. The Labute approximate surface area is 87.7 Å². The van der Waals surface area contributed by atoms with Crippen molar-refractivity contribution in [3.63, 3.8) is 0 Å². The van der Waals surface area contributed by atoms with E-state index in [9.17, 15) is 0 Å². The summed E-state index contributed by atoms with van der Waals surface area (Å²) in [7, 11) is 1.93. The quantitative estimate of drug-likeness (QED) is 0.770. The van der Waals surface area contributed by atoms with Gasteiger partial charge in [-0.1, -0.05) is 0 Å². The molecule has 3 rings (SSSR count). The molecule has 0 atom stereocenters. The first-order valence-corrected chi connectivity index (χ1v) is 5.06. The number of hydrogen-bond donors (Lipinski definition) is 1. The van der Waals surface area contributed by atoms with Crippen LogP contribution in [0.1, 0.15) is 6.04 Å². The van der Waals surface area contributed by atoms with Crippen molar-refractivity contribution in [1.29, 1.82) is 0 Å². The summed E-state index contributed by atoms with van der Waals surface area (Å²) >= 11 is 0. The molecule has 0 unspecified atom stereocenters. The molecule has 2 aromatic rings. The van der Waals surface area contributed by atoms with Crippen molar-refractivity contribution in [2.24, 2.45) is 7.05 Å². The molecule has 1 saturated heterocycles. The van der Waals surface area contributed by atoms with Crippen LogP contribution in [-0.4, -0.2) is 32.4 Å². The highest BCUT2D eigenvalue weighted by molar-refractivity contribution is 5.56. The molecular formula is C10H13N5. The average Bonchev–Trinajstić information content (AvgIpc) is 2.70. The molecule has 0 radical (unpaired) electrons. The fraction of sp³-hybridized carbons (Fsp3) is 0.400. The summed E-state index contributed by atoms with van der Waals surface area (Å²) in [6.45, 7) is 2.06. The average molecular weight is 203 g/mol. The van der Waals surface area contributed by atoms with E-state index in [0.717, 1.165) is 24.3 Å². The number of rotatable bonds is 2. The van der Waals surface area contributed by atoms with Crippen molar-refractivity contribution in [2.45, 2.75) is 6.04 Å². The first kappa shape index (κ1) is 8.67. The van der Waals surface area contributed by atoms with Gasteiger partial charge in [0.1, 0.15) is 0 Å². The fourth-order valence-corrected chi connectivity index (χ4v) is 1.84. The molecule has 5 nitrogen and oxygen atoms in total. The molecule has 78 valence electrons. The third-order valence-electron chi connectivity index (χ3n) is 2.82. The number of nitrogens with zero attached hydrogens (tertiary/aromatic N) is 4. The normalized spacial score (nSPS) is 16.6. The second kappa shape index (κ2) is 3.20. The van der Waals surface area contributed by atoms with E-state index in [2.05, 4.69) is 20.0 Å². The summed E-state index contributed by atoms with van der Waals surface area (Å²) in [5, 5.41) is 7.44. The Morgan fingerprint density at radius 2 is 2.27 bits per heavy atom. The molecule has 2 aromatic heterocycles. The minimum atomic E-state index is 0.544. The number of hydrogen-bond acceptors (Lipinski definition) is 3. The molecule has 0 aliphatic carbocycles. The maximum Gasteiger partial charge on any atom is 0.0954 e. The molecule has 1 N–H and O–H groups in total. The monoisotopic (exact) mass is 203 g/mol. The van der Waals surface area contributed by atoms with Crippen LogP contribution in [0.3, 0.4) is 0 Å². The van der Waals surface area contributed by atoms with Gasteiger partial charge in [-0.3, -0.25) is 4.68 Å². The predicted octanol–water partition coefficient (Wildman–Crippen LogP) is 0.428. The number of imidazole rings is 1. The lowest BCUT2D eigenvalue weighted by atomic mass is 10.1. The van der Waals surface area contributed by atoms with Gasteiger partial charge < -0.3 is 9.88 Å². The van der Waals surface area contributed by atoms with Crippen molar-refractivity contribution in [1.82, 2.24) is 24.6 Å². The molecular weight excluding hydrogens is 190 g/mol. The minimum absolute atomic E-state index is 0.544. The Morgan fingerprint density at radius 3 is 2.87 bits per heavy atom. The largest absolute Gasteiger partial charge is 0.325 e. The van der Waals surface area contributed by atoms with Crippen molar-refractivity contribution in [3.05, 3.63) is 24.9 Å². The van der Waals surface area contributed by atoms with Crippen LogP contribution in [-0.2, 0) is 7.05 Å². The Kier molecular flexibility index (Phi) is 1.85. The van der Waals surface area contributed by atoms with Gasteiger partial charge in [0, 0.05) is 31.9 Å². The Bertz CT molecular complexity index is 466. The molecule has 1 fully saturated rings. The van der Waals surface area contributed by atoms with Crippen molar-refractivity contribution in [2.75, 3.05) is 13.1 Å². The molecule has 5 heteroatoms. The molecule has 15 heavy (non-hydrogen) atoms. The zero-order chi connectivity index (χ0) is 10.3. The summed E-state index contributed by atoms with van der Waals surface area (Å²) in [6, 6.07) is 0.544. The zero-order valence-corrected chi connectivity index (χ0v) is 8.59. The van der Waals surface area contributed by atoms with Crippen LogP contribution in [0.4, 0.5) is 0 Å². The number of aryl methyl sites for hydroxylation is 1. The Hall–Kier alpha value is -1.62. The van der Waals surface area contributed by atoms with E-state index in [1.54, 1.807) is 0 Å². The lowest BCUT2D eigenvalue weighted by Gasteiger charge is -2.29. The van der Waals surface area contributed by atoms with Crippen molar-refractivity contribution in [3.8, 4) is 11.3 Å². The standard InChI is InChI=1S/C10H13N5/c1-14-6-8(2-13-14)10-5-12-7-15(10)9-3-11-4-9/h2,5-7,9,11H,3-4H2,1H3. The topological polar surface area (TPSA) is 47.7 Å². The van der Waals surface area contributed by atoms with E-state index >= 15 is 0 Å². The first-order chi connectivity index (χ1) is 7.34. The molecule has 0 saturated carbocycles. The SMILES string of the molecule is Cn1cc(-c2cncn2C2CNC2)cn1. The zero-order valence-electron chi connectivity index (χ0n) is 8.59. The summed E-state index contributed by atoms with van der Waals surface area (Å²) in [5.41, 5.74) is 2.27. The number of aromatic nitrogens is 4. The molecule has 0 amide bonds. The van der Waals surface area contributed by atoms with Crippen LogP contribution in [0.15, 0.2) is 24.9 Å². The second-order valence-electron chi connectivity index (χ2n) is 3.90. The van der Waals surface area contributed by atoms with Gasteiger partial charge in [-0.05, 0) is 0 Å². The van der Waals surface area contributed by atoms with Crippen LogP contribution in [0.25, 0.3) is 11.3 Å².